The minimum atomic E-state index is -5.21. The van der Waals surface area contributed by atoms with Crippen LogP contribution < -0.4 is 21.7 Å². The third-order valence-electron chi connectivity index (χ3n) is 6.95. The van der Waals surface area contributed by atoms with Gasteiger partial charge in [-0.25, -0.2) is 4.39 Å². The number of likely N-dealkylation sites (tertiary alicyclic amines) is 1. The van der Waals surface area contributed by atoms with E-state index in [0.29, 0.717) is 11.3 Å². The van der Waals surface area contributed by atoms with E-state index in [0.717, 1.165) is 0 Å². The highest BCUT2D eigenvalue weighted by molar-refractivity contribution is 6.07. The molecule has 0 aromatic heterocycles. The summed E-state index contributed by atoms with van der Waals surface area (Å²) in [6.07, 6.45) is -6.09. The zero-order chi connectivity index (χ0) is 29.7. The Labute approximate surface area is 224 Å². The van der Waals surface area contributed by atoms with E-state index < -0.39 is 70.1 Å². The van der Waals surface area contributed by atoms with Crippen molar-refractivity contribution in [2.75, 3.05) is 11.9 Å². The lowest BCUT2D eigenvalue weighted by atomic mass is 9.80. The molecule has 216 valence electrons. The molecule has 2 aliphatic rings. The van der Waals surface area contributed by atoms with Gasteiger partial charge in [-0.3, -0.25) is 19.2 Å². The van der Waals surface area contributed by atoms with Crippen molar-refractivity contribution in [2.24, 2.45) is 16.6 Å². The van der Waals surface area contributed by atoms with Crippen LogP contribution in [-0.2, 0) is 24.6 Å². The number of hydrogen-bond acceptors (Lipinski definition) is 5. The second-order valence-corrected chi connectivity index (χ2v) is 12.6. The number of nitrogens with one attached hydrogen (secondary N) is 3. The van der Waals surface area contributed by atoms with Crippen molar-refractivity contribution < 1.29 is 36.7 Å². The van der Waals surface area contributed by atoms with E-state index in [4.69, 9.17) is 5.73 Å². The number of carbonyl (C=O) groups excluding carboxylic acids is 4. The molecule has 3 rings (SSSR count). The van der Waals surface area contributed by atoms with Gasteiger partial charge >= 0.3 is 12.1 Å². The number of anilines is 1. The number of hydrogen-bond donors (Lipinski definition) is 4. The number of nitrogens with zero attached hydrogens (tertiary/aromatic N) is 1. The van der Waals surface area contributed by atoms with Crippen molar-refractivity contribution >= 4 is 29.3 Å². The number of carbonyl (C=O) groups is 4. The molecule has 1 fully saturated rings. The van der Waals surface area contributed by atoms with Crippen LogP contribution in [0.5, 0.6) is 0 Å². The normalized spacial score (nSPS) is 22.8. The maximum absolute atomic E-state index is 14.1. The third kappa shape index (κ3) is 6.34. The van der Waals surface area contributed by atoms with Gasteiger partial charge in [-0.2, -0.15) is 13.2 Å². The molecule has 0 radical (unpaired) electrons. The van der Waals surface area contributed by atoms with Gasteiger partial charge in [-0.15, -0.1) is 0 Å². The molecule has 39 heavy (non-hydrogen) atoms. The number of fused-ring (bicyclic) bond motifs is 2. The van der Waals surface area contributed by atoms with Crippen LogP contribution in [0.4, 0.5) is 23.2 Å². The molecule has 4 amide bonds. The smallest absolute Gasteiger partial charge is 0.342 e. The first-order valence-electron chi connectivity index (χ1n) is 12.5. The molecule has 1 saturated heterocycles. The Morgan fingerprint density at radius 1 is 1.13 bits per heavy atom. The largest absolute Gasteiger partial charge is 0.471 e. The van der Waals surface area contributed by atoms with Crippen molar-refractivity contribution in [3.05, 3.63) is 29.6 Å². The molecule has 1 aromatic carbocycles. The summed E-state index contributed by atoms with van der Waals surface area (Å²) in [6.45, 7) is 9.67. The van der Waals surface area contributed by atoms with Gasteiger partial charge in [0.2, 0.25) is 17.7 Å². The monoisotopic (exact) mass is 557 g/mol. The van der Waals surface area contributed by atoms with E-state index in [1.807, 2.05) is 0 Å². The Bertz CT molecular complexity index is 1170. The molecule has 5 N–H and O–H groups in total. The number of nitrogens with two attached hydrogens (primary N) is 1. The van der Waals surface area contributed by atoms with E-state index in [1.165, 1.54) is 43.9 Å². The molecule has 0 bridgehead atoms. The first-order chi connectivity index (χ1) is 17.7. The predicted molar refractivity (Wildman–Crippen MR) is 134 cm³/mol. The molecular formula is C26H35F4N5O4. The summed E-state index contributed by atoms with van der Waals surface area (Å²) < 4.78 is 52.9. The van der Waals surface area contributed by atoms with Crippen LogP contribution in [-0.4, -0.2) is 59.5 Å². The van der Waals surface area contributed by atoms with Crippen LogP contribution in [0.3, 0.4) is 0 Å². The lowest BCUT2D eigenvalue weighted by Gasteiger charge is -2.35. The SMILES string of the molecule is CC(C)(C)C[C@H](NC(=O)[C@@H](NC(=O)C(F)(F)F)C(C)(C)C)C(=O)N1C[C@]2(C[C@H]1N)C(=O)Nc1ccc(F)cc12. The Hall–Kier alpha value is -3.22. The van der Waals surface area contributed by atoms with Crippen molar-refractivity contribution in [2.45, 2.75) is 84.2 Å². The highest BCUT2D eigenvalue weighted by Crippen LogP contribution is 2.46. The number of benzene rings is 1. The zero-order valence-corrected chi connectivity index (χ0v) is 22.8. The average Bonchev–Trinajstić information content (AvgIpc) is 3.25. The molecule has 4 atom stereocenters. The van der Waals surface area contributed by atoms with Crippen molar-refractivity contribution in [1.82, 2.24) is 15.5 Å². The fourth-order valence-corrected chi connectivity index (χ4v) is 5.08. The molecule has 2 aliphatic heterocycles. The van der Waals surface area contributed by atoms with Gasteiger partial charge in [-0.1, -0.05) is 41.5 Å². The standard InChI is InChI=1S/C26H35F4N5O4/c1-23(2,3)10-16(32-19(36)18(24(4,5)6)34-22(39)26(28,29)30)20(37)35-12-25(11-17(35)31)14-9-13(27)7-8-15(14)33-21(25)38/h7-9,16-18H,10-12,31H2,1-6H3,(H,32,36)(H,33,38)(H,34,39)/t16-,17-,18+,25-/m0/s1. The fourth-order valence-electron chi connectivity index (χ4n) is 5.08. The number of alkyl halides is 3. The number of amides is 4. The quantitative estimate of drug-likeness (QED) is 0.413. The summed E-state index contributed by atoms with van der Waals surface area (Å²) >= 11 is 0. The maximum atomic E-state index is 14.1. The Balaban J connectivity index is 1.90. The molecule has 1 spiro atoms. The molecule has 1 aromatic rings. The minimum Gasteiger partial charge on any atom is -0.342 e. The number of rotatable bonds is 5. The summed E-state index contributed by atoms with van der Waals surface area (Å²) in [4.78, 5) is 53.0. The van der Waals surface area contributed by atoms with E-state index in [2.05, 4.69) is 10.6 Å². The van der Waals surface area contributed by atoms with E-state index >= 15 is 0 Å². The predicted octanol–water partition coefficient (Wildman–Crippen LogP) is 2.55. The molecular weight excluding hydrogens is 522 g/mol. The zero-order valence-electron chi connectivity index (χ0n) is 22.8. The third-order valence-corrected chi connectivity index (χ3v) is 6.95. The highest BCUT2D eigenvalue weighted by Gasteiger charge is 2.56. The molecule has 0 unspecified atom stereocenters. The molecule has 13 heteroatoms. The van der Waals surface area contributed by atoms with Crippen LogP contribution >= 0.6 is 0 Å². The Morgan fingerprint density at radius 3 is 2.28 bits per heavy atom. The topological polar surface area (TPSA) is 134 Å². The van der Waals surface area contributed by atoms with Gasteiger partial charge in [-0.05, 0) is 41.0 Å². The van der Waals surface area contributed by atoms with Crippen LogP contribution in [0.2, 0.25) is 0 Å². The second-order valence-electron chi connectivity index (χ2n) is 12.6. The van der Waals surface area contributed by atoms with E-state index in [1.54, 1.807) is 26.1 Å². The second kappa shape index (κ2) is 10.1. The van der Waals surface area contributed by atoms with Gasteiger partial charge in [0.15, 0.2) is 0 Å². The Kier molecular flexibility index (Phi) is 7.83. The molecule has 2 heterocycles. The van der Waals surface area contributed by atoms with Crippen molar-refractivity contribution in [3.63, 3.8) is 0 Å². The van der Waals surface area contributed by atoms with Gasteiger partial charge in [0.1, 0.15) is 17.9 Å². The molecule has 9 nitrogen and oxygen atoms in total. The highest BCUT2D eigenvalue weighted by atomic mass is 19.4. The average molecular weight is 558 g/mol. The lowest BCUT2D eigenvalue weighted by Crippen LogP contribution is -2.60. The number of halogens is 4. The first kappa shape index (κ1) is 30.3. The van der Waals surface area contributed by atoms with Gasteiger partial charge in [0.05, 0.1) is 11.6 Å². The summed E-state index contributed by atoms with van der Waals surface area (Å²) in [7, 11) is 0. The lowest BCUT2D eigenvalue weighted by molar-refractivity contribution is -0.175. The maximum Gasteiger partial charge on any atom is 0.471 e. The molecule has 0 aliphatic carbocycles. The van der Waals surface area contributed by atoms with Gasteiger partial charge in [0.25, 0.3) is 0 Å². The van der Waals surface area contributed by atoms with Crippen LogP contribution in [0.1, 0.15) is 59.9 Å². The minimum absolute atomic E-state index is 0.00344. The van der Waals surface area contributed by atoms with E-state index in [9.17, 15) is 36.7 Å². The van der Waals surface area contributed by atoms with Crippen molar-refractivity contribution in [3.8, 4) is 0 Å². The van der Waals surface area contributed by atoms with Crippen LogP contribution in [0, 0.1) is 16.6 Å². The Morgan fingerprint density at radius 2 is 1.74 bits per heavy atom. The summed E-state index contributed by atoms with van der Waals surface area (Å²) in [5, 5.41) is 6.95. The van der Waals surface area contributed by atoms with Gasteiger partial charge in [0, 0.05) is 18.7 Å². The van der Waals surface area contributed by atoms with Crippen molar-refractivity contribution in [1.29, 1.82) is 0 Å². The fraction of sp³-hybridized carbons (Fsp3) is 0.615. The van der Waals surface area contributed by atoms with E-state index in [-0.39, 0.29) is 19.4 Å². The van der Waals surface area contributed by atoms with Crippen LogP contribution in [0.25, 0.3) is 0 Å². The first-order valence-corrected chi connectivity index (χ1v) is 12.5. The summed E-state index contributed by atoms with van der Waals surface area (Å²) in [5.74, 6) is -4.90. The summed E-state index contributed by atoms with van der Waals surface area (Å²) in [6, 6.07) is 1.00. The van der Waals surface area contributed by atoms with Crippen LogP contribution in [0.15, 0.2) is 18.2 Å². The van der Waals surface area contributed by atoms with Gasteiger partial charge < -0.3 is 26.6 Å². The molecule has 0 saturated carbocycles. The summed E-state index contributed by atoms with van der Waals surface area (Å²) in [5.41, 5.74) is 4.13.